The Bertz CT molecular complexity index is 540. The van der Waals surface area contributed by atoms with Gasteiger partial charge in [-0.05, 0) is 41.9 Å². The first-order valence-electron chi connectivity index (χ1n) is 7.20. The fourth-order valence-electron chi connectivity index (χ4n) is 3.64. The first kappa shape index (κ1) is 13.6. The highest BCUT2D eigenvalue weighted by molar-refractivity contribution is 6.30. The predicted octanol–water partition coefficient (Wildman–Crippen LogP) is 3.62. The van der Waals surface area contributed by atoms with Crippen LogP contribution >= 0.6 is 11.6 Å². The molecule has 0 radical (unpaired) electrons. The number of carbonyl (C=O) groups is 1. The quantitative estimate of drug-likeness (QED) is 0.670. The Morgan fingerprint density at radius 2 is 2.15 bits per heavy atom. The van der Waals surface area contributed by atoms with Crippen molar-refractivity contribution in [1.29, 1.82) is 0 Å². The van der Waals surface area contributed by atoms with E-state index in [2.05, 4.69) is 17.5 Å². The van der Waals surface area contributed by atoms with Crippen LogP contribution in [0, 0.1) is 17.3 Å². The predicted molar refractivity (Wildman–Crippen MR) is 80.7 cm³/mol. The maximum absolute atomic E-state index is 12.2. The molecule has 20 heavy (non-hydrogen) atoms. The van der Waals surface area contributed by atoms with Crippen molar-refractivity contribution in [2.45, 2.75) is 32.6 Å². The van der Waals surface area contributed by atoms with Crippen molar-refractivity contribution in [2.24, 2.45) is 22.4 Å². The van der Waals surface area contributed by atoms with Crippen LogP contribution in [0.2, 0.25) is 5.02 Å². The van der Waals surface area contributed by atoms with Gasteiger partial charge in [0.25, 0.3) is 0 Å². The number of fused-ring (bicyclic) bond motifs is 1. The highest BCUT2D eigenvalue weighted by Gasteiger charge is 2.64. The molecule has 0 aliphatic heterocycles. The number of hydrogen-bond acceptors (Lipinski definition) is 2. The summed E-state index contributed by atoms with van der Waals surface area (Å²) in [6.07, 6.45) is 6.54. The molecule has 0 heterocycles. The molecule has 2 aliphatic rings. The van der Waals surface area contributed by atoms with E-state index in [9.17, 15) is 4.79 Å². The number of nitrogens with one attached hydrogen (secondary N) is 1. The molecule has 2 saturated carbocycles. The highest BCUT2D eigenvalue weighted by atomic mass is 35.5. The Morgan fingerprint density at radius 1 is 1.40 bits per heavy atom. The Kier molecular flexibility index (Phi) is 3.55. The Labute approximate surface area is 124 Å². The molecule has 0 unspecified atom stereocenters. The minimum absolute atomic E-state index is 0.0737. The molecule has 0 aromatic heterocycles. The molecule has 0 spiro atoms. The average Bonchev–Trinajstić information content (AvgIpc) is 3.06. The second-order valence-electron chi connectivity index (χ2n) is 6.12. The summed E-state index contributed by atoms with van der Waals surface area (Å²) >= 11 is 5.82. The molecule has 1 amide bonds. The van der Waals surface area contributed by atoms with Gasteiger partial charge in [0.05, 0.1) is 6.21 Å². The van der Waals surface area contributed by atoms with Gasteiger partial charge in [-0.15, -0.1) is 0 Å². The largest absolute Gasteiger partial charge is 0.273 e. The lowest BCUT2D eigenvalue weighted by Crippen LogP contribution is -2.22. The van der Waals surface area contributed by atoms with Crippen molar-refractivity contribution in [1.82, 2.24) is 5.43 Å². The van der Waals surface area contributed by atoms with E-state index in [-0.39, 0.29) is 17.2 Å². The van der Waals surface area contributed by atoms with E-state index in [1.54, 1.807) is 18.3 Å². The van der Waals surface area contributed by atoms with E-state index >= 15 is 0 Å². The first-order valence-corrected chi connectivity index (χ1v) is 7.57. The second kappa shape index (κ2) is 5.21. The van der Waals surface area contributed by atoms with Crippen LogP contribution in [0.15, 0.2) is 29.4 Å². The third kappa shape index (κ3) is 2.47. The molecular weight excluding hydrogens is 272 g/mol. The van der Waals surface area contributed by atoms with E-state index in [4.69, 9.17) is 11.6 Å². The fraction of sp³-hybridized carbons (Fsp3) is 0.500. The summed E-state index contributed by atoms with van der Waals surface area (Å²) < 4.78 is 0. The van der Waals surface area contributed by atoms with Crippen molar-refractivity contribution < 1.29 is 4.79 Å². The molecule has 3 atom stereocenters. The van der Waals surface area contributed by atoms with E-state index in [1.807, 2.05) is 12.1 Å². The summed E-state index contributed by atoms with van der Waals surface area (Å²) in [6.45, 7) is 2.24. The second-order valence-corrected chi connectivity index (χ2v) is 6.56. The number of halogens is 1. The van der Waals surface area contributed by atoms with Gasteiger partial charge in [-0.25, -0.2) is 5.43 Å². The number of hydrogen-bond donors (Lipinski definition) is 1. The maximum atomic E-state index is 12.2. The van der Waals surface area contributed by atoms with E-state index in [0.29, 0.717) is 10.9 Å². The molecule has 2 aliphatic carbocycles. The van der Waals surface area contributed by atoms with Gasteiger partial charge in [-0.3, -0.25) is 4.79 Å². The lowest BCUT2D eigenvalue weighted by atomic mass is 9.90. The SMILES string of the molecule is C[C@@]12CCCC[C@@H]1[C@@H]2C(=O)N/N=C\c1ccc(Cl)cc1. The number of benzene rings is 1. The molecule has 0 saturated heterocycles. The molecule has 4 heteroatoms. The van der Waals surface area contributed by atoms with Crippen molar-refractivity contribution in [3.8, 4) is 0 Å². The summed E-state index contributed by atoms with van der Waals surface area (Å²) in [5, 5.41) is 4.75. The molecule has 2 fully saturated rings. The van der Waals surface area contributed by atoms with E-state index in [0.717, 1.165) is 5.56 Å². The smallest absolute Gasteiger partial charge is 0.244 e. The molecule has 106 valence electrons. The number of amides is 1. The maximum Gasteiger partial charge on any atom is 0.244 e. The summed E-state index contributed by atoms with van der Waals surface area (Å²) in [4.78, 5) is 12.2. The minimum atomic E-state index is 0.0737. The van der Waals surface area contributed by atoms with Crippen LogP contribution in [0.1, 0.15) is 38.2 Å². The third-order valence-corrected chi connectivity index (χ3v) is 5.12. The lowest BCUT2D eigenvalue weighted by molar-refractivity contribution is -0.123. The van der Waals surface area contributed by atoms with Gasteiger partial charge >= 0.3 is 0 Å². The number of nitrogens with zero attached hydrogens (tertiary/aromatic N) is 1. The molecule has 1 aromatic carbocycles. The van der Waals surface area contributed by atoms with E-state index in [1.165, 1.54) is 25.7 Å². The topological polar surface area (TPSA) is 41.5 Å². The fourth-order valence-corrected chi connectivity index (χ4v) is 3.77. The first-order chi connectivity index (χ1) is 9.61. The van der Waals surface area contributed by atoms with Gasteiger partial charge in [0.15, 0.2) is 0 Å². The molecule has 3 nitrogen and oxygen atoms in total. The normalized spacial score (nSPS) is 31.9. The Morgan fingerprint density at radius 3 is 2.80 bits per heavy atom. The number of carbonyl (C=O) groups excluding carboxylic acids is 1. The van der Waals surface area contributed by atoms with Gasteiger partial charge in [0.1, 0.15) is 0 Å². The average molecular weight is 291 g/mol. The van der Waals surface area contributed by atoms with Crippen LogP contribution < -0.4 is 5.43 Å². The highest BCUT2D eigenvalue weighted by Crippen LogP contribution is 2.66. The number of rotatable bonds is 3. The molecule has 0 bridgehead atoms. The zero-order valence-corrected chi connectivity index (χ0v) is 12.4. The van der Waals surface area contributed by atoms with Crippen molar-refractivity contribution in [3.63, 3.8) is 0 Å². The van der Waals surface area contributed by atoms with Gasteiger partial charge in [-0.1, -0.05) is 43.5 Å². The molecule has 3 rings (SSSR count). The Balaban J connectivity index is 1.56. The van der Waals surface area contributed by atoms with E-state index < -0.39 is 0 Å². The summed E-state index contributed by atoms with van der Waals surface area (Å²) in [5.74, 6) is 0.805. The van der Waals surface area contributed by atoms with Crippen molar-refractivity contribution in [3.05, 3.63) is 34.9 Å². The summed E-state index contributed by atoms with van der Waals surface area (Å²) in [6, 6.07) is 7.36. The zero-order valence-electron chi connectivity index (χ0n) is 11.6. The van der Waals surface area contributed by atoms with Gasteiger partial charge in [0.2, 0.25) is 5.91 Å². The van der Waals surface area contributed by atoms with Crippen molar-refractivity contribution in [2.75, 3.05) is 0 Å². The van der Waals surface area contributed by atoms with Crippen LogP contribution in [0.25, 0.3) is 0 Å². The van der Waals surface area contributed by atoms with Crippen LogP contribution in [-0.4, -0.2) is 12.1 Å². The Hall–Kier alpha value is -1.35. The standard InChI is InChI=1S/C16H19ClN2O/c1-16-9-3-2-4-13(16)14(16)15(20)19-18-10-11-5-7-12(17)8-6-11/h5-8,10,13-14H,2-4,9H2,1H3,(H,19,20)/b18-10-/t13-,14-,16-/m1/s1. The molecule has 1 N–H and O–H groups in total. The van der Waals surface area contributed by atoms with Crippen LogP contribution in [0.3, 0.4) is 0 Å². The summed E-state index contributed by atoms with van der Waals surface area (Å²) in [5.41, 5.74) is 3.85. The third-order valence-electron chi connectivity index (χ3n) is 4.87. The van der Waals surface area contributed by atoms with Crippen molar-refractivity contribution >= 4 is 23.7 Å². The summed E-state index contributed by atoms with van der Waals surface area (Å²) in [7, 11) is 0. The van der Waals surface area contributed by atoms with Gasteiger partial charge in [-0.2, -0.15) is 5.10 Å². The monoisotopic (exact) mass is 290 g/mol. The number of hydrazone groups is 1. The van der Waals surface area contributed by atoms with Gasteiger partial charge in [0, 0.05) is 10.9 Å². The van der Waals surface area contributed by atoms with Crippen LogP contribution in [0.4, 0.5) is 0 Å². The minimum Gasteiger partial charge on any atom is -0.273 e. The van der Waals surface area contributed by atoms with Gasteiger partial charge < -0.3 is 0 Å². The zero-order chi connectivity index (χ0) is 14.2. The molecule has 1 aromatic rings. The van der Waals surface area contributed by atoms with Crippen LogP contribution in [-0.2, 0) is 4.79 Å². The lowest BCUT2D eigenvalue weighted by Gasteiger charge is -2.15. The molecular formula is C16H19ClN2O. The van der Waals surface area contributed by atoms with Crippen LogP contribution in [0.5, 0.6) is 0 Å².